The number of aliphatic hydroxyl groups excluding tert-OH is 1. The molecule has 4 aromatic rings. The number of aryl methyl sites for hydroxylation is 2. The summed E-state index contributed by atoms with van der Waals surface area (Å²) in [5.74, 6) is 1.55. The quantitative estimate of drug-likeness (QED) is 0.412. The molecule has 0 amide bonds. The van der Waals surface area contributed by atoms with E-state index >= 15 is 0 Å². The van der Waals surface area contributed by atoms with Crippen LogP contribution in [0.15, 0.2) is 71.5 Å². The molecule has 0 aliphatic rings. The molecule has 0 saturated heterocycles. The number of benzene rings is 3. The molecule has 0 saturated carbocycles. The summed E-state index contributed by atoms with van der Waals surface area (Å²) in [4.78, 5) is 12.1. The Morgan fingerprint density at radius 3 is 2.03 bits per heavy atom. The third kappa shape index (κ3) is 5.10. The topological polar surface area (TPSA) is 77.7 Å². The van der Waals surface area contributed by atoms with Crippen molar-refractivity contribution in [2.24, 2.45) is 14.1 Å². The number of aromatic nitrogens is 2. The molecule has 0 fully saturated rings. The van der Waals surface area contributed by atoms with Gasteiger partial charge in [0, 0.05) is 27.2 Å². The smallest absolute Gasteiger partial charge is 0.328 e. The summed E-state index contributed by atoms with van der Waals surface area (Å²) in [6.07, 6.45) is -0.796. The molecule has 1 heterocycles. The van der Waals surface area contributed by atoms with Crippen LogP contribution in [0.3, 0.4) is 0 Å². The van der Waals surface area contributed by atoms with Gasteiger partial charge in [0.15, 0.2) is 0 Å². The first kappa shape index (κ1) is 22.6. The van der Waals surface area contributed by atoms with Gasteiger partial charge in [-0.2, -0.15) is 0 Å². The van der Waals surface area contributed by atoms with E-state index < -0.39 is 6.10 Å². The summed E-state index contributed by atoms with van der Waals surface area (Å²) >= 11 is 0. The summed E-state index contributed by atoms with van der Waals surface area (Å²) in [6, 6.07) is 21.3. The van der Waals surface area contributed by atoms with Crippen molar-refractivity contribution in [3.8, 4) is 11.5 Å². The van der Waals surface area contributed by atoms with Crippen molar-refractivity contribution >= 4 is 11.0 Å². The minimum atomic E-state index is -0.796. The molecule has 0 unspecified atom stereocenters. The second kappa shape index (κ2) is 9.94. The zero-order valence-electron chi connectivity index (χ0n) is 19.1. The van der Waals surface area contributed by atoms with Crippen molar-refractivity contribution in [2.45, 2.75) is 19.2 Å². The average Bonchev–Trinajstić information content (AvgIpc) is 3.07. The molecular weight excluding hydrogens is 418 g/mol. The Morgan fingerprint density at radius 2 is 1.42 bits per heavy atom. The van der Waals surface area contributed by atoms with Crippen molar-refractivity contribution < 1.29 is 14.6 Å². The van der Waals surface area contributed by atoms with Crippen molar-refractivity contribution in [3.05, 3.63) is 93.9 Å². The zero-order valence-corrected chi connectivity index (χ0v) is 19.1. The third-order valence-corrected chi connectivity index (χ3v) is 5.83. The summed E-state index contributed by atoms with van der Waals surface area (Å²) in [7, 11) is 5.13. The summed E-state index contributed by atoms with van der Waals surface area (Å²) in [5, 5.41) is 14.0. The Labute approximate surface area is 192 Å². The predicted molar refractivity (Wildman–Crippen MR) is 129 cm³/mol. The maximum absolute atomic E-state index is 12.1. The number of hydrogen-bond donors (Lipinski definition) is 2. The first-order valence-electron chi connectivity index (χ1n) is 10.8. The number of imidazole rings is 1. The lowest BCUT2D eigenvalue weighted by atomic mass is 10.1. The number of hydrogen-bond acceptors (Lipinski definition) is 5. The number of nitrogens with zero attached hydrogens (tertiary/aromatic N) is 2. The second-order valence-corrected chi connectivity index (χ2v) is 8.07. The maximum Gasteiger partial charge on any atom is 0.328 e. The highest BCUT2D eigenvalue weighted by Crippen LogP contribution is 2.21. The van der Waals surface area contributed by atoms with Crippen LogP contribution >= 0.6 is 0 Å². The molecule has 0 aliphatic carbocycles. The Balaban J connectivity index is 1.29. The number of ether oxygens (including phenoxy) is 2. The molecule has 33 heavy (non-hydrogen) atoms. The summed E-state index contributed by atoms with van der Waals surface area (Å²) < 4.78 is 14.1. The van der Waals surface area contributed by atoms with E-state index in [1.807, 2.05) is 66.7 Å². The highest BCUT2D eigenvalue weighted by molar-refractivity contribution is 5.77. The number of fused-ring (bicyclic) bond motifs is 1. The molecule has 2 N–H and O–H groups in total. The number of nitrogens with one attached hydrogen (secondary N) is 1. The lowest BCUT2D eigenvalue weighted by molar-refractivity contribution is 0.108. The fourth-order valence-corrected chi connectivity index (χ4v) is 3.80. The van der Waals surface area contributed by atoms with Crippen LogP contribution in [0, 0.1) is 0 Å². The van der Waals surface area contributed by atoms with Gasteiger partial charge >= 0.3 is 5.69 Å². The van der Waals surface area contributed by atoms with Gasteiger partial charge in [0.1, 0.15) is 24.2 Å². The lowest BCUT2D eigenvalue weighted by Gasteiger charge is -2.14. The first-order valence-corrected chi connectivity index (χ1v) is 10.8. The molecule has 4 rings (SSSR count). The second-order valence-electron chi connectivity index (χ2n) is 8.07. The van der Waals surface area contributed by atoms with Gasteiger partial charge in [-0.05, 0) is 53.1 Å². The van der Waals surface area contributed by atoms with Crippen molar-refractivity contribution in [3.63, 3.8) is 0 Å². The van der Waals surface area contributed by atoms with E-state index in [9.17, 15) is 9.90 Å². The van der Waals surface area contributed by atoms with E-state index in [-0.39, 0.29) is 12.3 Å². The molecule has 0 radical (unpaired) electrons. The molecule has 0 spiro atoms. The van der Waals surface area contributed by atoms with E-state index in [0.717, 1.165) is 35.4 Å². The first-order chi connectivity index (χ1) is 16.0. The van der Waals surface area contributed by atoms with E-state index in [0.29, 0.717) is 11.3 Å². The third-order valence-electron chi connectivity index (χ3n) is 5.83. The minimum Gasteiger partial charge on any atom is -0.497 e. The van der Waals surface area contributed by atoms with Gasteiger partial charge in [0.2, 0.25) is 0 Å². The van der Waals surface area contributed by atoms with Gasteiger partial charge < -0.3 is 19.9 Å². The molecular formula is C26H29N3O4. The number of aliphatic hydroxyl groups is 1. The van der Waals surface area contributed by atoms with Gasteiger partial charge in [-0.1, -0.05) is 30.3 Å². The van der Waals surface area contributed by atoms with Gasteiger partial charge in [-0.3, -0.25) is 9.13 Å². The lowest BCUT2D eigenvalue weighted by Crippen LogP contribution is -2.19. The Bertz CT molecular complexity index is 1270. The van der Waals surface area contributed by atoms with Crippen molar-refractivity contribution in [2.75, 3.05) is 13.7 Å². The van der Waals surface area contributed by atoms with Crippen LogP contribution in [-0.2, 0) is 27.2 Å². The van der Waals surface area contributed by atoms with Gasteiger partial charge in [0.05, 0.1) is 18.1 Å². The molecule has 1 atom stereocenters. The van der Waals surface area contributed by atoms with E-state index in [1.54, 1.807) is 30.3 Å². The molecule has 0 aliphatic heterocycles. The fourth-order valence-electron chi connectivity index (χ4n) is 3.80. The molecule has 172 valence electrons. The minimum absolute atomic E-state index is 0.0912. The predicted octanol–water partition coefficient (Wildman–Crippen LogP) is 3.29. The van der Waals surface area contributed by atoms with E-state index in [1.165, 1.54) is 5.56 Å². The molecule has 1 aromatic heterocycles. The maximum atomic E-state index is 12.1. The SMILES string of the molecule is COc1ccc(CNCc2ccc(OC[C@@H](O)c3ccc4c(c3)n(C)c(=O)n4C)cc2)cc1. The van der Waals surface area contributed by atoms with E-state index in [4.69, 9.17) is 9.47 Å². The highest BCUT2D eigenvalue weighted by Gasteiger charge is 2.13. The van der Waals surface area contributed by atoms with E-state index in [2.05, 4.69) is 5.32 Å². The molecule has 7 heteroatoms. The molecule has 0 bridgehead atoms. The molecule has 3 aromatic carbocycles. The Hall–Kier alpha value is -3.55. The van der Waals surface area contributed by atoms with Crippen molar-refractivity contribution in [1.29, 1.82) is 0 Å². The Kier molecular flexibility index (Phi) is 6.82. The highest BCUT2D eigenvalue weighted by atomic mass is 16.5. The monoisotopic (exact) mass is 447 g/mol. The van der Waals surface area contributed by atoms with Crippen LogP contribution in [0.1, 0.15) is 22.8 Å². The van der Waals surface area contributed by atoms with Crippen LogP contribution < -0.4 is 20.5 Å². The largest absolute Gasteiger partial charge is 0.497 e. The normalized spacial score (nSPS) is 12.1. The van der Waals surface area contributed by atoms with Gasteiger partial charge in [-0.15, -0.1) is 0 Å². The number of methoxy groups -OCH3 is 1. The van der Waals surface area contributed by atoms with Crippen LogP contribution in [-0.4, -0.2) is 28.0 Å². The summed E-state index contributed by atoms with van der Waals surface area (Å²) in [6.45, 7) is 1.64. The Morgan fingerprint density at radius 1 is 0.848 bits per heavy atom. The fraction of sp³-hybridized carbons (Fsp3) is 0.269. The standard InChI is InChI=1S/C26H29N3O4/c1-28-23-13-8-20(14-24(23)29(2)26(28)31)25(30)17-33-22-11-6-19(7-12-22)16-27-15-18-4-9-21(32-3)10-5-18/h4-14,25,27,30H,15-17H2,1-3H3/t25-/m1/s1. The average molecular weight is 448 g/mol. The summed E-state index contributed by atoms with van der Waals surface area (Å²) in [5.41, 5.74) is 4.57. The van der Waals surface area contributed by atoms with Crippen LogP contribution in [0.25, 0.3) is 11.0 Å². The van der Waals surface area contributed by atoms with Crippen molar-refractivity contribution in [1.82, 2.24) is 14.5 Å². The van der Waals surface area contributed by atoms with Crippen LogP contribution in [0.4, 0.5) is 0 Å². The van der Waals surface area contributed by atoms with Gasteiger partial charge in [0.25, 0.3) is 0 Å². The molecule has 7 nitrogen and oxygen atoms in total. The number of rotatable bonds is 9. The zero-order chi connectivity index (χ0) is 23.4. The van der Waals surface area contributed by atoms with Crippen LogP contribution in [0.2, 0.25) is 0 Å². The van der Waals surface area contributed by atoms with Gasteiger partial charge in [-0.25, -0.2) is 4.79 Å². The van der Waals surface area contributed by atoms with Crippen LogP contribution in [0.5, 0.6) is 11.5 Å².